The van der Waals surface area contributed by atoms with Gasteiger partial charge in [0.2, 0.25) is 5.91 Å². The highest BCUT2D eigenvalue weighted by molar-refractivity contribution is 5.97. The molecule has 0 saturated heterocycles. The van der Waals surface area contributed by atoms with Gasteiger partial charge in [-0.2, -0.15) is 26.3 Å². The number of phenolic OH excluding ortho intramolecular Hbond substituents is 1. The lowest BCUT2D eigenvalue weighted by Crippen LogP contribution is -2.45. The number of rotatable bonds is 13. The Morgan fingerprint density at radius 2 is 1.42 bits per heavy atom. The van der Waals surface area contributed by atoms with Gasteiger partial charge in [0.1, 0.15) is 11.4 Å². The van der Waals surface area contributed by atoms with Crippen molar-refractivity contribution >= 4 is 29.4 Å². The van der Waals surface area contributed by atoms with Crippen LogP contribution in [0.3, 0.4) is 0 Å². The number of nitrogens with zero attached hydrogens (tertiary/aromatic N) is 1. The number of hydrogen-bond donors (Lipinski definition) is 6. The molecule has 1 heterocycles. The lowest BCUT2D eigenvalue weighted by atomic mass is 9.94. The molecular formula is C33H40F8N4O8. The summed E-state index contributed by atoms with van der Waals surface area (Å²) in [6.45, 7) is 2.98. The minimum atomic E-state index is -5.08. The number of phenols is 1. The third-order valence-electron chi connectivity index (χ3n) is 7.84. The molecule has 2 aromatic carbocycles. The molecule has 20 heteroatoms. The second kappa shape index (κ2) is 21.1. The first-order valence-electron chi connectivity index (χ1n) is 16.3. The van der Waals surface area contributed by atoms with Crippen molar-refractivity contribution in [2.45, 2.75) is 69.8 Å². The number of hydrogen-bond acceptors (Lipinski definition) is 8. The summed E-state index contributed by atoms with van der Waals surface area (Å²) >= 11 is 0. The molecule has 296 valence electrons. The summed E-state index contributed by atoms with van der Waals surface area (Å²) in [7, 11) is 0. The van der Waals surface area contributed by atoms with Gasteiger partial charge in [-0.25, -0.2) is 18.4 Å². The second-order valence-electron chi connectivity index (χ2n) is 11.8. The number of nitrogens with one attached hydrogen (secondary N) is 3. The molecule has 4 rings (SSSR count). The van der Waals surface area contributed by atoms with E-state index >= 15 is 0 Å². The van der Waals surface area contributed by atoms with Gasteiger partial charge >= 0.3 is 24.3 Å². The molecule has 0 aromatic heterocycles. The third-order valence-corrected chi connectivity index (χ3v) is 7.84. The maximum absolute atomic E-state index is 13.4. The molecule has 2 aromatic rings. The number of aromatic hydroxyl groups is 1. The Morgan fingerprint density at radius 3 is 2.00 bits per heavy atom. The van der Waals surface area contributed by atoms with Crippen LogP contribution in [-0.4, -0.2) is 102 Å². The number of carboxylic acid groups (broad SMARTS) is 2. The fourth-order valence-corrected chi connectivity index (χ4v) is 5.25. The average Bonchev–Trinajstić information content (AvgIpc) is 3.08. The highest BCUT2D eigenvalue weighted by atomic mass is 19.4. The molecule has 1 fully saturated rings. The summed E-state index contributed by atoms with van der Waals surface area (Å²) in [6, 6.07) is 7.53. The van der Waals surface area contributed by atoms with Crippen molar-refractivity contribution in [2.24, 2.45) is 0 Å². The first-order chi connectivity index (χ1) is 24.8. The molecule has 0 unspecified atom stereocenters. The fourth-order valence-electron chi connectivity index (χ4n) is 5.25. The third kappa shape index (κ3) is 15.8. The SMILES string of the molecule is O=C(O)C(F)(F)F.O=C(O)C(F)(F)F.O=C1COc2c(CCNCCN(C(=O)CCNCCc3ccc(F)c(F)c3)C3CCCCC3)ccc(O)c2N1. The number of carboxylic acids is 2. The second-order valence-corrected chi connectivity index (χ2v) is 11.8. The van der Waals surface area contributed by atoms with Crippen molar-refractivity contribution in [3.8, 4) is 11.5 Å². The minimum Gasteiger partial charge on any atom is -0.506 e. The Bertz CT molecular complexity index is 1510. The molecule has 0 radical (unpaired) electrons. The molecule has 2 amide bonds. The average molecular weight is 773 g/mol. The maximum atomic E-state index is 13.4. The van der Waals surface area contributed by atoms with Crippen LogP contribution in [0.25, 0.3) is 0 Å². The zero-order chi connectivity index (χ0) is 39.8. The molecule has 2 aliphatic rings. The quantitative estimate of drug-likeness (QED) is 0.0944. The first kappa shape index (κ1) is 44.4. The van der Waals surface area contributed by atoms with Crippen molar-refractivity contribution in [3.63, 3.8) is 0 Å². The van der Waals surface area contributed by atoms with Crippen LogP contribution in [0.2, 0.25) is 0 Å². The van der Waals surface area contributed by atoms with Gasteiger partial charge in [-0.1, -0.05) is 31.4 Å². The molecule has 12 nitrogen and oxygen atoms in total. The number of carbonyl (C=O) groups is 4. The Kier molecular flexibility index (Phi) is 17.7. The van der Waals surface area contributed by atoms with Crippen LogP contribution in [0.1, 0.15) is 49.7 Å². The van der Waals surface area contributed by atoms with Crippen molar-refractivity contribution in [1.29, 1.82) is 0 Å². The van der Waals surface area contributed by atoms with E-state index in [1.54, 1.807) is 18.2 Å². The van der Waals surface area contributed by atoms with Gasteiger partial charge in [-0.05, 0) is 68.1 Å². The number of halogens is 8. The van der Waals surface area contributed by atoms with Crippen molar-refractivity contribution in [3.05, 3.63) is 53.1 Å². The summed E-state index contributed by atoms with van der Waals surface area (Å²) in [5.74, 6) is -6.89. The standard InChI is InChI=1S/C29H38F2N4O4.2C2HF3O2/c30-23-8-6-20(18-24(23)31)10-13-32-15-12-27(38)35(22-4-2-1-3-5-22)17-16-33-14-11-21-7-9-25(36)28-29(21)39-19-26(37)34-28;2*3-2(4,5)1(6)7/h6-9,18,22,32-33,36H,1-5,10-17,19H2,(H,34,37);2*(H,6,7). The van der Waals surface area contributed by atoms with Crippen LogP contribution >= 0.6 is 0 Å². The molecule has 0 spiro atoms. The van der Waals surface area contributed by atoms with E-state index < -0.39 is 35.9 Å². The van der Waals surface area contributed by atoms with Crippen LogP contribution in [0.15, 0.2) is 30.3 Å². The molecule has 1 aliphatic carbocycles. The minimum absolute atomic E-state index is 0.0183. The number of ether oxygens (including phenoxy) is 1. The van der Waals surface area contributed by atoms with Gasteiger partial charge in [-0.15, -0.1) is 0 Å². The predicted molar refractivity (Wildman–Crippen MR) is 172 cm³/mol. The van der Waals surface area contributed by atoms with E-state index in [9.17, 15) is 49.8 Å². The van der Waals surface area contributed by atoms with Crippen LogP contribution in [0, 0.1) is 11.6 Å². The zero-order valence-corrected chi connectivity index (χ0v) is 28.2. The number of amides is 2. The lowest BCUT2D eigenvalue weighted by molar-refractivity contribution is -0.193. The number of carbonyl (C=O) groups excluding carboxylic acids is 2. The molecule has 6 N–H and O–H groups in total. The Morgan fingerprint density at radius 1 is 0.830 bits per heavy atom. The van der Waals surface area contributed by atoms with Crippen LogP contribution in [0.4, 0.5) is 40.8 Å². The number of benzene rings is 2. The fraction of sp³-hybridized carbons (Fsp3) is 0.515. The van der Waals surface area contributed by atoms with Crippen molar-refractivity contribution < 1.29 is 74.4 Å². The van der Waals surface area contributed by atoms with E-state index in [1.165, 1.54) is 12.5 Å². The van der Waals surface area contributed by atoms with E-state index in [-0.39, 0.29) is 30.2 Å². The molecular weight excluding hydrogens is 732 g/mol. The number of alkyl halides is 6. The number of fused-ring (bicyclic) bond motifs is 1. The lowest BCUT2D eigenvalue weighted by Gasteiger charge is -2.34. The van der Waals surface area contributed by atoms with Crippen molar-refractivity contribution in [1.82, 2.24) is 15.5 Å². The van der Waals surface area contributed by atoms with Crippen LogP contribution < -0.4 is 20.7 Å². The van der Waals surface area contributed by atoms with E-state index in [0.717, 1.165) is 37.3 Å². The van der Waals surface area contributed by atoms with E-state index in [0.29, 0.717) is 69.0 Å². The summed E-state index contributed by atoms with van der Waals surface area (Å²) in [5.41, 5.74) is 1.92. The topological polar surface area (TPSA) is 178 Å². The Balaban J connectivity index is 0.000000587. The molecule has 0 atom stereocenters. The monoisotopic (exact) mass is 772 g/mol. The van der Waals surface area contributed by atoms with Gasteiger partial charge < -0.3 is 40.9 Å². The predicted octanol–water partition coefficient (Wildman–Crippen LogP) is 4.78. The van der Waals surface area contributed by atoms with E-state index in [1.807, 2.05) is 4.90 Å². The molecule has 1 saturated carbocycles. The highest BCUT2D eigenvalue weighted by Gasteiger charge is 2.39. The molecule has 53 heavy (non-hydrogen) atoms. The normalized spacial score (nSPS) is 14.3. The molecule has 1 aliphatic heterocycles. The summed E-state index contributed by atoms with van der Waals surface area (Å²) in [4.78, 5) is 44.6. The van der Waals surface area contributed by atoms with Crippen LogP contribution in [-0.2, 0) is 32.0 Å². The van der Waals surface area contributed by atoms with Crippen molar-refractivity contribution in [2.75, 3.05) is 44.6 Å². The summed E-state index contributed by atoms with van der Waals surface area (Å²) in [5, 5.41) is 33.6. The van der Waals surface area contributed by atoms with E-state index in [2.05, 4.69) is 16.0 Å². The Hall–Kier alpha value is -4.72. The summed E-state index contributed by atoms with van der Waals surface area (Å²) < 4.78 is 95.5. The Labute approximate surface area is 298 Å². The maximum Gasteiger partial charge on any atom is 0.490 e. The van der Waals surface area contributed by atoms with Gasteiger partial charge in [0.25, 0.3) is 5.91 Å². The summed E-state index contributed by atoms with van der Waals surface area (Å²) in [6.07, 6.45) is -3.04. The van der Waals surface area contributed by atoms with Crippen LogP contribution in [0.5, 0.6) is 11.5 Å². The largest absolute Gasteiger partial charge is 0.506 e. The smallest absolute Gasteiger partial charge is 0.490 e. The number of aliphatic carboxylic acids is 2. The van der Waals surface area contributed by atoms with Gasteiger partial charge in [-0.3, -0.25) is 9.59 Å². The first-order valence-corrected chi connectivity index (χ1v) is 16.3. The molecule has 0 bridgehead atoms. The zero-order valence-electron chi connectivity index (χ0n) is 28.2. The van der Waals surface area contributed by atoms with Gasteiger partial charge in [0, 0.05) is 32.1 Å². The van der Waals surface area contributed by atoms with Gasteiger partial charge in [0.15, 0.2) is 24.0 Å². The highest BCUT2D eigenvalue weighted by Crippen LogP contribution is 2.39. The van der Waals surface area contributed by atoms with E-state index in [4.69, 9.17) is 24.5 Å². The van der Waals surface area contributed by atoms with Gasteiger partial charge in [0.05, 0.1) is 0 Å². The number of anilines is 1.